The number of para-hydroxylation sites is 1. The van der Waals surface area contributed by atoms with E-state index in [0.717, 1.165) is 27.7 Å². The van der Waals surface area contributed by atoms with E-state index in [1.807, 2.05) is 65.8 Å². The zero-order chi connectivity index (χ0) is 30.0. The normalized spacial score (nSPS) is 15.6. The summed E-state index contributed by atoms with van der Waals surface area (Å²) in [6.45, 7) is 0.863. The molecule has 12 heteroatoms. The van der Waals surface area contributed by atoms with Gasteiger partial charge in [-0.05, 0) is 48.9 Å². The van der Waals surface area contributed by atoms with Gasteiger partial charge in [0.1, 0.15) is 24.1 Å². The first-order valence-corrected chi connectivity index (χ1v) is 16.3. The van der Waals surface area contributed by atoms with Gasteiger partial charge >= 0.3 is 0 Å². The third kappa shape index (κ3) is 5.53. The molecule has 6 aromatic rings. The molecule has 2 atom stereocenters. The lowest BCUT2D eigenvalue weighted by atomic mass is 10.0. The number of imidazole rings is 1. The first-order chi connectivity index (χ1) is 21.6. The number of thioether (sulfide) groups is 1. The molecule has 1 aliphatic rings. The van der Waals surface area contributed by atoms with E-state index in [2.05, 4.69) is 15.4 Å². The van der Waals surface area contributed by atoms with Crippen LogP contribution in [0.1, 0.15) is 34.8 Å². The minimum absolute atomic E-state index is 0.161. The Morgan fingerprint density at radius 3 is 2.64 bits per heavy atom. The van der Waals surface area contributed by atoms with Crippen LogP contribution in [0.3, 0.4) is 0 Å². The van der Waals surface area contributed by atoms with Crippen LogP contribution in [-0.2, 0) is 4.79 Å². The van der Waals surface area contributed by atoms with Gasteiger partial charge in [0.15, 0.2) is 15.4 Å². The van der Waals surface area contributed by atoms with Gasteiger partial charge in [-0.3, -0.25) is 9.59 Å². The average molecular weight is 625 g/mol. The second-order valence-electron chi connectivity index (χ2n) is 10.4. The highest BCUT2D eigenvalue weighted by Gasteiger charge is 2.35. The lowest BCUT2D eigenvalue weighted by molar-refractivity contribution is -0.134. The SMILES string of the molecule is CSc1nn2cc(-c3nc4c(OC[C@H]5CCCN5C(=O)[C@H](NC(=O)c5ccccc5)c5ccccc5)cccc4o3)nc2s1. The standard InChI is InChI=1S/C32H28N6O4S2/c1-43-32-36-38-18-23(33-31(38)44-32)29-35-27-24(15-8-16-25(27)42-29)41-19-22-14-9-17-37(22)30(40)26(20-10-4-2-5-11-20)34-28(39)21-12-6-3-7-13-21/h2-8,10-13,15-16,18,22,26H,9,14,17,19H2,1H3,(H,34,39)/t22-,26-/m1/s1. The molecule has 0 bridgehead atoms. The highest BCUT2D eigenvalue weighted by atomic mass is 32.2. The number of fused-ring (bicyclic) bond motifs is 2. The molecule has 0 radical (unpaired) electrons. The van der Waals surface area contributed by atoms with Gasteiger partial charge in [0.05, 0.1) is 12.2 Å². The molecule has 1 N–H and O–H groups in total. The molecule has 3 aromatic heterocycles. The fourth-order valence-corrected chi connectivity index (χ4v) is 6.75. The molecule has 0 aliphatic carbocycles. The van der Waals surface area contributed by atoms with Crippen molar-refractivity contribution in [2.45, 2.75) is 29.3 Å². The Morgan fingerprint density at radius 1 is 1.07 bits per heavy atom. The highest BCUT2D eigenvalue weighted by molar-refractivity contribution is 8.00. The van der Waals surface area contributed by atoms with Crippen molar-refractivity contribution in [2.75, 3.05) is 19.4 Å². The number of aromatic nitrogens is 4. The van der Waals surface area contributed by atoms with Gasteiger partial charge in [0.25, 0.3) is 5.91 Å². The molecule has 1 fully saturated rings. The number of hydrogen-bond acceptors (Lipinski definition) is 9. The molecule has 0 unspecified atom stereocenters. The van der Waals surface area contributed by atoms with Gasteiger partial charge in [0.2, 0.25) is 16.8 Å². The zero-order valence-electron chi connectivity index (χ0n) is 23.8. The summed E-state index contributed by atoms with van der Waals surface area (Å²) >= 11 is 3.08. The molecule has 1 saturated heterocycles. The second kappa shape index (κ2) is 12.1. The highest BCUT2D eigenvalue weighted by Crippen LogP contribution is 2.32. The number of oxazole rings is 1. The number of benzene rings is 3. The van der Waals surface area contributed by atoms with Crippen molar-refractivity contribution in [1.82, 2.24) is 29.8 Å². The van der Waals surface area contributed by atoms with Crippen molar-refractivity contribution in [3.8, 4) is 17.3 Å². The van der Waals surface area contributed by atoms with Crippen molar-refractivity contribution < 1.29 is 18.7 Å². The number of nitrogens with zero attached hydrogens (tertiary/aromatic N) is 5. The monoisotopic (exact) mass is 624 g/mol. The van der Waals surface area contributed by atoms with Crippen molar-refractivity contribution in [2.24, 2.45) is 0 Å². The maximum absolute atomic E-state index is 14.0. The minimum atomic E-state index is -0.822. The first-order valence-electron chi connectivity index (χ1n) is 14.2. The number of carbonyl (C=O) groups excluding carboxylic acids is 2. The van der Waals surface area contributed by atoms with E-state index in [-0.39, 0.29) is 24.5 Å². The van der Waals surface area contributed by atoms with Gasteiger partial charge in [-0.2, -0.15) is 0 Å². The van der Waals surface area contributed by atoms with Crippen LogP contribution in [0.5, 0.6) is 5.75 Å². The number of likely N-dealkylation sites (tertiary alicyclic amines) is 1. The van der Waals surface area contributed by atoms with Crippen LogP contribution in [0.25, 0.3) is 27.6 Å². The van der Waals surface area contributed by atoms with Crippen LogP contribution in [-0.4, -0.2) is 61.7 Å². The van der Waals surface area contributed by atoms with Crippen molar-refractivity contribution in [3.63, 3.8) is 0 Å². The third-order valence-corrected chi connectivity index (χ3v) is 9.48. The minimum Gasteiger partial charge on any atom is -0.489 e. The van der Waals surface area contributed by atoms with Gasteiger partial charge < -0.3 is 19.4 Å². The number of carbonyl (C=O) groups is 2. The van der Waals surface area contributed by atoms with Crippen LogP contribution < -0.4 is 10.1 Å². The zero-order valence-corrected chi connectivity index (χ0v) is 25.4. The molecule has 2 amide bonds. The topological polar surface area (TPSA) is 115 Å². The van der Waals surface area contributed by atoms with Crippen LogP contribution in [0.15, 0.2) is 93.8 Å². The molecule has 0 spiro atoms. The fraction of sp³-hybridized carbons (Fsp3) is 0.219. The van der Waals surface area contributed by atoms with E-state index < -0.39 is 6.04 Å². The second-order valence-corrected chi connectivity index (χ2v) is 12.4. The van der Waals surface area contributed by atoms with Gasteiger partial charge in [0, 0.05) is 12.1 Å². The maximum Gasteiger partial charge on any atom is 0.252 e. The molecule has 0 saturated carbocycles. The Labute approximate surface area is 261 Å². The number of nitrogens with one attached hydrogen (secondary N) is 1. The molecule has 222 valence electrons. The lowest BCUT2D eigenvalue weighted by Crippen LogP contribution is -2.46. The Bertz CT molecular complexity index is 1910. The Hall–Kier alpha value is -4.68. The van der Waals surface area contributed by atoms with Crippen LogP contribution in [0, 0.1) is 0 Å². The number of rotatable bonds is 9. The van der Waals surface area contributed by atoms with E-state index in [4.69, 9.17) is 14.1 Å². The van der Waals surface area contributed by atoms with Gasteiger partial charge in [-0.1, -0.05) is 77.7 Å². The Balaban J connectivity index is 1.09. The molecule has 44 heavy (non-hydrogen) atoms. The predicted octanol–water partition coefficient (Wildman–Crippen LogP) is 5.86. The van der Waals surface area contributed by atoms with Crippen molar-refractivity contribution >= 4 is 51.0 Å². The first kappa shape index (κ1) is 28.1. The Morgan fingerprint density at radius 2 is 1.86 bits per heavy atom. The maximum atomic E-state index is 14.0. The quantitative estimate of drug-likeness (QED) is 0.199. The predicted molar refractivity (Wildman–Crippen MR) is 169 cm³/mol. The molecular formula is C32H28N6O4S2. The summed E-state index contributed by atoms with van der Waals surface area (Å²) in [5.74, 6) is 0.493. The number of hydrogen-bond donors (Lipinski definition) is 1. The summed E-state index contributed by atoms with van der Waals surface area (Å²) in [5.41, 5.74) is 2.99. The largest absolute Gasteiger partial charge is 0.489 e. The summed E-state index contributed by atoms with van der Waals surface area (Å²) < 4.78 is 15.0. The third-order valence-electron chi connectivity index (χ3n) is 7.58. The molecule has 3 aromatic carbocycles. The summed E-state index contributed by atoms with van der Waals surface area (Å²) in [7, 11) is 0. The molecule has 7 rings (SSSR count). The summed E-state index contributed by atoms with van der Waals surface area (Å²) in [4.78, 5) is 39.0. The van der Waals surface area contributed by atoms with Crippen molar-refractivity contribution in [3.05, 3.63) is 96.2 Å². The van der Waals surface area contributed by atoms with Crippen LogP contribution >= 0.6 is 23.1 Å². The summed E-state index contributed by atoms with van der Waals surface area (Å²) in [5, 5.41) is 7.46. The summed E-state index contributed by atoms with van der Waals surface area (Å²) in [6.07, 6.45) is 5.42. The molecular weight excluding hydrogens is 597 g/mol. The molecule has 10 nitrogen and oxygen atoms in total. The van der Waals surface area contributed by atoms with E-state index >= 15 is 0 Å². The smallest absolute Gasteiger partial charge is 0.252 e. The van der Waals surface area contributed by atoms with E-state index in [0.29, 0.717) is 40.5 Å². The summed E-state index contributed by atoms with van der Waals surface area (Å²) in [6, 6.07) is 22.8. The average Bonchev–Trinajstić information content (AvgIpc) is 3.86. The lowest BCUT2D eigenvalue weighted by Gasteiger charge is -2.29. The number of amides is 2. The van der Waals surface area contributed by atoms with E-state index in [1.54, 1.807) is 46.7 Å². The Kier molecular flexibility index (Phi) is 7.75. The number of ether oxygens (including phenoxy) is 1. The fourth-order valence-electron chi connectivity index (χ4n) is 5.40. The van der Waals surface area contributed by atoms with Gasteiger partial charge in [-0.15, -0.1) is 5.10 Å². The van der Waals surface area contributed by atoms with Gasteiger partial charge in [-0.25, -0.2) is 14.5 Å². The van der Waals surface area contributed by atoms with Crippen LogP contribution in [0.4, 0.5) is 0 Å². The molecule has 1 aliphatic heterocycles. The van der Waals surface area contributed by atoms with E-state index in [1.165, 1.54) is 11.3 Å². The van der Waals surface area contributed by atoms with Crippen molar-refractivity contribution in [1.29, 1.82) is 0 Å². The van der Waals surface area contributed by atoms with Crippen LogP contribution in [0.2, 0.25) is 0 Å². The van der Waals surface area contributed by atoms with E-state index in [9.17, 15) is 9.59 Å². The molecule has 4 heterocycles.